The fourth-order valence-corrected chi connectivity index (χ4v) is 4.63. The minimum atomic E-state index is -0.195. The Morgan fingerprint density at radius 2 is 1.81 bits per heavy atom. The molecule has 3 nitrogen and oxygen atoms in total. The zero-order chi connectivity index (χ0) is 18.5. The van der Waals surface area contributed by atoms with Crippen LogP contribution in [0.3, 0.4) is 0 Å². The number of halogens is 1. The number of rotatable bonds is 6. The van der Waals surface area contributed by atoms with Crippen molar-refractivity contribution in [3.63, 3.8) is 0 Å². The number of likely N-dealkylation sites (tertiary alicyclic amines) is 1. The van der Waals surface area contributed by atoms with E-state index in [4.69, 9.17) is 10.5 Å². The fourth-order valence-electron chi connectivity index (χ4n) is 4.63. The minimum absolute atomic E-state index is 0.195. The lowest BCUT2D eigenvalue weighted by atomic mass is 9.86. The number of ether oxygens (including phenoxy) is 1. The number of hydrogen-bond acceptors (Lipinski definition) is 3. The standard InChI is InChI=1S/C22H35FN2O/c1-3-12-26-20-6-4-19(5-7-20)25-10-8-17(9-11-25)14-18-13-16(2)21(23)15-22(18)24/h13,15,17,19-20H,3-12,14,24H2,1-2H3. The third-order valence-corrected chi connectivity index (χ3v) is 6.30. The molecular formula is C22H35FN2O. The van der Waals surface area contributed by atoms with Gasteiger partial charge in [-0.2, -0.15) is 0 Å². The van der Waals surface area contributed by atoms with Gasteiger partial charge in [-0.25, -0.2) is 4.39 Å². The van der Waals surface area contributed by atoms with Crippen LogP contribution in [0.2, 0.25) is 0 Å². The molecule has 1 heterocycles. The molecule has 1 aliphatic carbocycles. The van der Waals surface area contributed by atoms with Crippen LogP contribution in [0, 0.1) is 18.7 Å². The van der Waals surface area contributed by atoms with Crippen molar-refractivity contribution in [2.45, 2.75) is 77.4 Å². The highest BCUT2D eigenvalue weighted by Crippen LogP contribution is 2.31. The molecule has 4 heteroatoms. The zero-order valence-corrected chi connectivity index (χ0v) is 16.5. The van der Waals surface area contributed by atoms with E-state index < -0.39 is 0 Å². The summed E-state index contributed by atoms with van der Waals surface area (Å²) in [5, 5.41) is 0. The van der Waals surface area contributed by atoms with Crippen molar-refractivity contribution in [2.24, 2.45) is 5.92 Å². The van der Waals surface area contributed by atoms with E-state index in [1.54, 1.807) is 0 Å². The molecule has 1 saturated heterocycles. The highest BCUT2D eigenvalue weighted by molar-refractivity contribution is 5.49. The summed E-state index contributed by atoms with van der Waals surface area (Å²) in [7, 11) is 0. The van der Waals surface area contributed by atoms with Crippen LogP contribution in [0.1, 0.15) is 63.0 Å². The molecule has 0 radical (unpaired) electrons. The van der Waals surface area contributed by atoms with E-state index in [0.29, 0.717) is 23.3 Å². The summed E-state index contributed by atoms with van der Waals surface area (Å²) in [5.74, 6) is 0.474. The van der Waals surface area contributed by atoms with Gasteiger partial charge < -0.3 is 15.4 Å². The van der Waals surface area contributed by atoms with Crippen LogP contribution in [-0.4, -0.2) is 36.7 Å². The van der Waals surface area contributed by atoms with Crippen molar-refractivity contribution in [1.82, 2.24) is 4.90 Å². The lowest BCUT2D eigenvalue weighted by Gasteiger charge is -2.41. The van der Waals surface area contributed by atoms with Crippen LogP contribution in [0.25, 0.3) is 0 Å². The van der Waals surface area contributed by atoms with Gasteiger partial charge >= 0.3 is 0 Å². The number of nitrogens with zero attached hydrogens (tertiary/aromatic N) is 1. The summed E-state index contributed by atoms with van der Waals surface area (Å²) in [5.41, 5.74) is 8.47. The summed E-state index contributed by atoms with van der Waals surface area (Å²) >= 11 is 0. The maximum absolute atomic E-state index is 13.6. The molecule has 26 heavy (non-hydrogen) atoms. The summed E-state index contributed by atoms with van der Waals surface area (Å²) in [6.45, 7) is 7.29. The summed E-state index contributed by atoms with van der Waals surface area (Å²) in [6.07, 6.45) is 10.0. The molecular weight excluding hydrogens is 327 g/mol. The molecule has 3 rings (SSSR count). The number of aryl methyl sites for hydroxylation is 1. The Balaban J connectivity index is 1.44. The maximum Gasteiger partial charge on any atom is 0.128 e. The van der Waals surface area contributed by atoms with Crippen molar-refractivity contribution in [2.75, 3.05) is 25.4 Å². The second kappa shape index (κ2) is 9.18. The van der Waals surface area contributed by atoms with Gasteiger partial charge in [-0.1, -0.05) is 13.0 Å². The molecule has 1 aromatic carbocycles. The van der Waals surface area contributed by atoms with Gasteiger partial charge in [0, 0.05) is 18.3 Å². The first-order chi connectivity index (χ1) is 12.6. The van der Waals surface area contributed by atoms with E-state index in [1.165, 1.54) is 57.7 Å². The normalized spacial score (nSPS) is 25.5. The van der Waals surface area contributed by atoms with Crippen LogP contribution >= 0.6 is 0 Å². The Morgan fingerprint density at radius 3 is 2.46 bits per heavy atom. The zero-order valence-electron chi connectivity index (χ0n) is 16.5. The van der Waals surface area contributed by atoms with E-state index in [1.807, 2.05) is 13.0 Å². The van der Waals surface area contributed by atoms with E-state index in [9.17, 15) is 4.39 Å². The topological polar surface area (TPSA) is 38.5 Å². The lowest BCUT2D eigenvalue weighted by Crippen LogP contribution is -2.44. The first kappa shape index (κ1) is 19.6. The van der Waals surface area contributed by atoms with Crippen molar-refractivity contribution >= 4 is 5.69 Å². The van der Waals surface area contributed by atoms with Crippen molar-refractivity contribution in [1.29, 1.82) is 0 Å². The average molecular weight is 363 g/mol. The average Bonchev–Trinajstić information content (AvgIpc) is 2.65. The Labute approximate surface area is 158 Å². The molecule has 0 atom stereocenters. The van der Waals surface area contributed by atoms with E-state index in [2.05, 4.69) is 11.8 Å². The first-order valence-corrected chi connectivity index (χ1v) is 10.5. The molecule has 2 aliphatic rings. The maximum atomic E-state index is 13.6. The van der Waals surface area contributed by atoms with Gasteiger partial charge in [0.2, 0.25) is 0 Å². The van der Waals surface area contributed by atoms with E-state index in [-0.39, 0.29) is 5.82 Å². The highest BCUT2D eigenvalue weighted by atomic mass is 19.1. The number of hydrogen-bond donors (Lipinski definition) is 1. The van der Waals surface area contributed by atoms with Crippen molar-refractivity contribution < 1.29 is 9.13 Å². The van der Waals surface area contributed by atoms with Gasteiger partial charge in [0.1, 0.15) is 5.82 Å². The number of anilines is 1. The van der Waals surface area contributed by atoms with Crippen LogP contribution < -0.4 is 5.73 Å². The summed E-state index contributed by atoms with van der Waals surface area (Å²) < 4.78 is 19.5. The SMILES string of the molecule is CCCOC1CCC(N2CCC(Cc3cc(C)c(F)cc3N)CC2)CC1. The third kappa shape index (κ3) is 4.98. The number of benzene rings is 1. The van der Waals surface area contributed by atoms with Gasteiger partial charge in [-0.05, 0) is 94.5 Å². The van der Waals surface area contributed by atoms with Gasteiger partial charge in [-0.3, -0.25) is 0 Å². The quantitative estimate of drug-likeness (QED) is 0.745. The molecule has 2 N–H and O–H groups in total. The summed E-state index contributed by atoms with van der Waals surface area (Å²) in [6, 6.07) is 4.17. The van der Waals surface area contributed by atoms with Gasteiger partial charge in [0.25, 0.3) is 0 Å². The fraction of sp³-hybridized carbons (Fsp3) is 0.727. The molecule has 1 aliphatic heterocycles. The first-order valence-electron chi connectivity index (χ1n) is 10.5. The molecule has 0 spiro atoms. The Kier molecular flexibility index (Phi) is 6.93. The minimum Gasteiger partial charge on any atom is -0.398 e. The number of nitrogen functional groups attached to an aromatic ring is 1. The third-order valence-electron chi connectivity index (χ3n) is 6.30. The van der Waals surface area contributed by atoms with E-state index >= 15 is 0 Å². The summed E-state index contributed by atoms with van der Waals surface area (Å²) in [4.78, 5) is 2.70. The molecule has 0 unspecified atom stereocenters. The van der Waals surface area contributed by atoms with Crippen LogP contribution in [0.15, 0.2) is 12.1 Å². The van der Waals surface area contributed by atoms with E-state index in [0.717, 1.165) is 31.1 Å². The smallest absolute Gasteiger partial charge is 0.128 e. The van der Waals surface area contributed by atoms with Crippen LogP contribution in [0.5, 0.6) is 0 Å². The predicted octanol–water partition coefficient (Wildman–Crippen LogP) is 4.71. The van der Waals surface area contributed by atoms with Crippen molar-refractivity contribution in [3.8, 4) is 0 Å². The predicted molar refractivity (Wildman–Crippen MR) is 106 cm³/mol. The molecule has 0 aromatic heterocycles. The highest BCUT2D eigenvalue weighted by Gasteiger charge is 2.29. The molecule has 1 saturated carbocycles. The van der Waals surface area contributed by atoms with Crippen LogP contribution in [0.4, 0.5) is 10.1 Å². The number of nitrogens with two attached hydrogens (primary N) is 1. The molecule has 2 fully saturated rings. The molecule has 0 bridgehead atoms. The molecule has 146 valence electrons. The van der Waals surface area contributed by atoms with Crippen LogP contribution in [-0.2, 0) is 11.2 Å². The Bertz CT molecular complexity index is 576. The monoisotopic (exact) mass is 362 g/mol. The Morgan fingerprint density at radius 1 is 1.12 bits per heavy atom. The second-order valence-corrected chi connectivity index (χ2v) is 8.28. The lowest BCUT2D eigenvalue weighted by molar-refractivity contribution is 0.00215. The van der Waals surface area contributed by atoms with Gasteiger partial charge in [-0.15, -0.1) is 0 Å². The number of piperidine rings is 1. The van der Waals surface area contributed by atoms with Gasteiger partial charge in [0.05, 0.1) is 6.10 Å². The van der Waals surface area contributed by atoms with Crippen molar-refractivity contribution in [3.05, 3.63) is 29.1 Å². The largest absolute Gasteiger partial charge is 0.398 e. The second-order valence-electron chi connectivity index (χ2n) is 8.28. The molecule has 1 aromatic rings. The Hall–Kier alpha value is -1.13. The van der Waals surface area contributed by atoms with Gasteiger partial charge in [0.15, 0.2) is 0 Å². The molecule has 0 amide bonds.